The van der Waals surface area contributed by atoms with Crippen LogP contribution in [0, 0.1) is 5.41 Å². The van der Waals surface area contributed by atoms with Crippen LogP contribution >= 0.6 is 8.30 Å². The smallest absolute Gasteiger partial charge is 0.101 e. The fourth-order valence-corrected chi connectivity index (χ4v) is 2.77. The quantitative estimate of drug-likeness (QED) is 0.393. The van der Waals surface area contributed by atoms with Crippen LogP contribution in [0.2, 0.25) is 0 Å². The molecule has 0 aromatic carbocycles. The number of hydrogen-bond donors (Lipinski definition) is 1. The van der Waals surface area contributed by atoms with Crippen LogP contribution in [-0.4, -0.2) is 36.7 Å². The summed E-state index contributed by atoms with van der Waals surface area (Å²) < 4.78 is 7.98. The van der Waals surface area contributed by atoms with Crippen LogP contribution in [0.4, 0.5) is 0 Å². The van der Waals surface area contributed by atoms with E-state index in [1.54, 1.807) is 0 Å². The predicted molar refractivity (Wildman–Crippen MR) is 59.7 cm³/mol. The van der Waals surface area contributed by atoms with Gasteiger partial charge in [0.05, 0.1) is 6.61 Å². The van der Waals surface area contributed by atoms with Gasteiger partial charge in [-0.05, 0) is 26.7 Å². The third-order valence-corrected chi connectivity index (χ3v) is 3.85. The zero-order valence-electron chi connectivity index (χ0n) is 9.08. The Morgan fingerprint density at radius 2 is 2.15 bits per heavy atom. The highest BCUT2D eigenvalue weighted by molar-refractivity contribution is 7.49. The first-order chi connectivity index (χ1) is 6.13. The van der Waals surface area contributed by atoms with Crippen molar-refractivity contribution in [2.45, 2.75) is 33.2 Å². The SMILES string of the molecule is CCN(C(C)C)P(C)OCCC=N. The number of nitrogens with zero attached hydrogens (tertiary/aromatic N) is 1. The van der Waals surface area contributed by atoms with Crippen molar-refractivity contribution in [2.24, 2.45) is 0 Å². The summed E-state index contributed by atoms with van der Waals surface area (Å²) in [6, 6.07) is 0.543. The summed E-state index contributed by atoms with van der Waals surface area (Å²) in [6.07, 6.45) is 2.12. The molecule has 0 rings (SSSR count). The molecule has 0 radical (unpaired) electrons. The van der Waals surface area contributed by atoms with E-state index in [2.05, 4.69) is 32.1 Å². The molecular weight excluding hydrogens is 183 g/mol. The Bertz CT molecular complexity index is 142. The Morgan fingerprint density at radius 1 is 1.54 bits per heavy atom. The predicted octanol–water partition coefficient (Wildman–Crippen LogP) is 2.71. The molecule has 1 atom stereocenters. The lowest BCUT2D eigenvalue weighted by Gasteiger charge is -2.30. The highest BCUT2D eigenvalue weighted by atomic mass is 31.2. The van der Waals surface area contributed by atoms with Gasteiger partial charge in [-0.25, -0.2) is 0 Å². The third kappa shape index (κ3) is 5.35. The minimum Gasteiger partial charge on any atom is -0.343 e. The molecule has 0 aliphatic carbocycles. The standard InChI is InChI=1S/C9H21N2OP/c1-5-11(9(2)3)13(4)12-8-6-7-10/h7,9-10H,5-6,8H2,1-4H3. The van der Waals surface area contributed by atoms with E-state index in [9.17, 15) is 0 Å². The van der Waals surface area contributed by atoms with E-state index >= 15 is 0 Å². The van der Waals surface area contributed by atoms with Crippen molar-refractivity contribution < 1.29 is 4.52 Å². The molecule has 78 valence electrons. The van der Waals surface area contributed by atoms with Crippen molar-refractivity contribution in [3.8, 4) is 0 Å². The van der Waals surface area contributed by atoms with Gasteiger partial charge in [0, 0.05) is 19.0 Å². The van der Waals surface area contributed by atoms with Crippen molar-refractivity contribution in [3.05, 3.63) is 0 Å². The van der Waals surface area contributed by atoms with Crippen molar-refractivity contribution >= 4 is 14.5 Å². The zero-order chi connectivity index (χ0) is 10.3. The molecule has 0 amide bonds. The van der Waals surface area contributed by atoms with Crippen LogP contribution in [0.5, 0.6) is 0 Å². The summed E-state index contributed by atoms with van der Waals surface area (Å²) in [5.41, 5.74) is 0. The molecule has 0 spiro atoms. The molecule has 4 heteroatoms. The molecule has 0 aromatic heterocycles. The first-order valence-corrected chi connectivity index (χ1v) is 6.41. The number of nitrogens with one attached hydrogen (secondary N) is 1. The monoisotopic (exact) mass is 204 g/mol. The average molecular weight is 204 g/mol. The second kappa shape index (κ2) is 7.43. The highest BCUT2D eigenvalue weighted by Crippen LogP contribution is 2.38. The largest absolute Gasteiger partial charge is 0.343 e. The van der Waals surface area contributed by atoms with Gasteiger partial charge >= 0.3 is 0 Å². The number of rotatable bonds is 7. The minimum absolute atomic E-state index is 0.465. The average Bonchev–Trinajstić information content (AvgIpc) is 2.05. The molecule has 0 saturated heterocycles. The maximum absolute atomic E-state index is 6.87. The normalized spacial score (nSPS) is 13.7. The maximum atomic E-state index is 6.87. The van der Waals surface area contributed by atoms with Gasteiger partial charge in [0.2, 0.25) is 0 Å². The van der Waals surface area contributed by atoms with Crippen LogP contribution < -0.4 is 0 Å². The van der Waals surface area contributed by atoms with E-state index in [4.69, 9.17) is 9.93 Å². The van der Waals surface area contributed by atoms with Gasteiger partial charge in [0.25, 0.3) is 0 Å². The molecule has 0 saturated carbocycles. The third-order valence-electron chi connectivity index (χ3n) is 1.82. The second-order valence-electron chi connectivity index (χ2n) is 3.14. The molecule has 0 aromatic rings. The van der Waals surface area contributed by atoms with Gasteiger partial charge in [-0.1, -0.05) is 6.92 Å². The van der Waals surface area contributed by atoms with Gasteiger partial charge in [-0.15, -0.1) is 0 Å². The molecule has 3 nitrogen and oxygen atoms in total. The molecular formula is C9H21N2OP. The Hall–Kier alpha value is 0.0200. The Labute approximate surface area is 82.9 Å². The van der Waals surface area contributed by atoms with E-state index in [0.29, 0.717) is 12.6 Å². The lowest BCUT2D eigenvalue weighted by atomic mass is 10.4. The van der Waals surface area contributed by atoms with Crippen LogP contribution in [0.25, 0.3) is 0 Å². The van der Waals surface area contributed by atoms with Gasteiger partial charge in [-0.3, -0.25) is 4.67 Å². The van der Waals surface area contributed by atoms with Crippen LogP contribution in [-0.2, 0) is 4.52 Å². The number of hydrogen-bond acceptors (Lipinski definition) is 3. The summed E-state index contributed by atoms with van der Waals surface area (Å²) in [5, 5.41) is 6.87. The minimum atomic E-state index is -0.465. The highest BCUT2D eigenvalue weighted by Gasteiger charge is 2.15. The molecule has 0 heterocycles. The summed E-state index contributed by atoms with van der Waals surface area (Å²) in [7, 11) is -0.465. The Balaban J connectivity index is 3.76. The molecule has 1 unspecified atom stereocenters. The summed E-state index contributed by atoms with van der Waals surface area (Å²) in [4.78, 5) is 0. The fourth-order valence-electron chi connectivity index (χ4n) is 1.21. The van der Waals surface area contributed by atoms with E-state index < -0.39 is 8.30 Å². The topological polar surface area (TPSA) is 36.3 Å². The Morgan fingerprint density at radius 3 is 2.54 bits per heavy atom. The van der Waals surface area contributed by atoms with Crippen molar-refractivity contribution in [1.29, 1.82) is 5.41 Å². The van der Waals surface area contributed by atoms with Gasteiger partial charge in [0.15, 0.2) is 0 Å². The summed E-state index contributed by atoms with van der Waals surface area (Å²) in [5.74, 6) is 0. The summed E-state index contributed by atoms with van der Waals surface area (Å²) in [6.45, 7) is 10.4. The maximum Gasteiger partial charge on any atom is 0.101 e. The second-order valence-corrected chi connectivity index (χ2v) is 4.84. The zero-order valence-corrected chi connectivity index (χ0v) is 9.97. The fraction of sp³-hybridized carbons (Fsp3) is 0.889. The van der Waals surface area contributed by atoms with E-state index in [0.717, 1.165) is 13.0 Å². The van der Waals surface area contributed by atoms with Gasteiger partial charge in [-0.2, -0.15) is 0 Å². The van der Waals surface area contributed by atoms with E-state index in [1.165, 1.54) is 6.21 Å². The summed E-state index contributed by atoms with van der Waals surface area (Å²) >= 11 is 0. The Kier molecular flexibility index (Phi) is 7.44. The molecule has 0 aliphatic heterocycles. The molecule has 0 bridgehead atoms. The van der Waals surface area contributed by atoms with Crippen LogP contribution in [0.3, 0.4) is 0 Å². The van der Waals surface area contributed by atoms with Crippen molar-refractivity contribution in [2.75, 3.05) is 19.8 Å². The first kappa shape index (κ1) is 13.0. The molecule has 1 N–H and O–H groups in total. The molecule has 13 heavy (non-hydrogen) atoms. The molecule has 0 aliphatic rings. The van der Waals surface area contributed by atoms with Crippen LogP contribution in [0.15, 0.2) is 0 Å². The molecule has 0 fully saturated rings. The lowest BCUT2D eigenvalue weighted by Crippen LogP contribution is -2.26. The van der Waals surface area contributed by atoms with E-state index in [1.807, 2.05) is 0 Å². The van der Waals surface area contributed by atoms with Crippen molar-refractivity contribution in [3.63, 3.8) is 0 Å². The van der Waals surface area contributed by atoms with Crippen molar-refractivity contribution in [1.82, 2.24) is 4.67 Å². The van der Waals surface area contributed by atoms with Gasteiger partial charge < -0.3 is 9.93 Å². The lowest BCUT2D eigenvalue weighted by molar-refractivity contribution is 0.298. The first-order valence-electron chi connectivity index (χ1n) is 4.75. The van der Waals surface area contributed by atoms with E-state index in [-0.39, 0.29) is 0 Å². The van der Waals surface area contributed by atoms with Crippen LogP contribution in [0.1, 0.15) is 27.2 Å². The van der Waals surface area contributed by atoms with Gasteiger partial charge in [0.1, 0.15) is 8.30 Å².